The molecule has 2 aromatic heterocycles. The van der Waals surface area contributed by atoms with Crippen molar-refractivity contribution in [3.05, 3.63) is 212 Å². The largest absolute Gasteiger partial charge is 0.309 e. The summed E-state index contributed by atoms with van der Waals surface area (Å²) in [6.07, 6.45) is 0. The molecule has 0 aliphatic rings. The number of hydrogen-bond acceptors (Lipinski definition) is 1. The van der Waals surface area contributed by atoms with Gasteiger partial charge in [0.25, 0.3) is 0 Å². The maximum absolute atomic E-state index is 2.39. The van der Waals surface area contributed by atoms with Gasteiger partial charge in [0.05, 0.1) is 11.0 Å². The summed E-state index contributed by atoms with van der Waals surface area (Å²) in [7, 11) is 0. The van der Waals surface area contributed by atoms with Crippen molar-refractivity contribution in [2.24, 2.45) is 0 Å². The summed E-state index contributed by atoms with van der Waals surface area (Å²) in [6.45, 7) is 0. The van der Waals surface area contributed by atoms with Gasteiger partial charge in [-0.25, -0.2) is 0 Å². The van der Waals surface area contributed by atoms with Gasteiger partial charge in [-0.05, 0) is 122 Å². The molecule has 2 heterocycles. The van der Waals surface area contributed by atoms with Gasteiger partial charge in [0.15, 0.2) is 0 Å². The molecule has 9 aromatic carbocycles. The number of aromatic nitrogens is 1. The molecule has 0 aliphatic heterocycles. The van der Waals surface area contributed by atoms with Crippen LogP contribution in [0.15, 0.2) is 212 Å². The van der Waals surface area contributed by atoms with E-state index in [1.807, 2.05) is 11.3 Å². The van der Waals surface area contributed by atoms with E-state index in [1.54, 1.807) is 0 Å². The Balaban J connectivity index is 0.907. The Kier molecular flexibility index (Phi) is 7.75. The van der Waals surface area contributed by atoms with Crippen LogP contribution in [0.1, 0.15) is 0 Å². The second kappa shape index (κ2) is 13.4. The highest BCUT2D eigenvalue weighted by atomic mass is 32.1. The van der Waals surface area contributed by atoms with Gasteiger partial charge in [-0.15, -0.1) is 11.3 Å². The summed E-state index contributed by atoms with van der Waals surface area (Å²) < 4.78 is 5.05. The first-order chi connectivity index (χ1) is 27.7. The molecule has 0 radical (unpaired) electrons. The highest BCUT2D eigenvalue weighted by molar-refractivity contribution is 7.25. The molecule has 56 heavy (non-hydrogen) atoms. The second-order valence-electron chi connectivity index (χ2n) is 14.6. The highest BCUT2D eigenvalue weighted by Crippen LogP contribution is 2.38. The molecule has 0 amide bonds. The number of nitrogens with zero attached hydrogens (tertiary/aromatic N) is 1. The first-order valence-electron chi connectivity index (χ1n) is 19.2. The normalized spacial score (nSPS) is 11.6. The third kappa shape index (κ3) is 5.62. The Labute approximate surface area is 330 Å². The summed E-state index contributed by atoms with van der Waals surface area (Å²) in [5, 5.41) is 5.20. The zero-order valence-electron chi connectivity index (χ0n) is 30.6. The van der Waals surface area contributed by atoms with Crippen LogP contribution in [0.2, 0.25) is 0 Å². The number of thiophene rings is 1. The smallest absolute Gasteiger partial charge is 0.0541 e. The van der Waals surface area contributed by atoms with Crippen molar-refractivity contribution in [2.75, 3.05) is 0 Å². The van der Waals surface area contributed by atoms with Crippen molar-refractivity contribution >= 4 is 53.3 Å². The standard InChI is InChI=1S/C54H35NS/c1-4-25-51-47(22-1)48-23-2-5-26-52(48)55(51)46-21-11-20-44(34-46)42-18-9-16-40(32-42)38-14-7-12-36(30-38)37-13-8-15-39(31-37)41-17-10-19-43(33-41)45-28-29-54-50(35-45)49-24-3-6-27-53(49)56-54/h1-35H. The Morgan fingerprint density at radius 3 is 1.12 bits per heavy atom. The summed E-state index contributed by atoms with van der Waals surface area (Å²) in [5.41, 5.74) is 15.7. The molecule has 1 nitrogen and oxygen atoms in total. The third-order valence-corrected chi connectivity index (χ3v) is 12.3. The number of benzene rings is 9. The van der Waals surface area contributed by atoms with Gasteiger partial charge in [-0.3, -0.25) is 0 Å². The van der Waals surface area contributed by atoms with Crippen LogP contribution in [0.4, 0.5) is 0 Å². The van der Waals surface area contributed by atoms with Crippen LogP contribution in [-0.2, 0) is 0 Å². The zero-order chi connectivity index (χ0) is 37.0. The molecule has 0 bridgehead atoms. The monoisotopic (exact) mass is 729 g/mol. The predicted molar refractivity (Wildman–Crippen MR) is 241 cm³/mol. The van der Waals surface area contributed by atoms with Gasteiger partial charge in [0.2, 0.25) is 0 Å². The molecular formula is C54H35NS. The van der Waals surface area contributed by atoms with Crippen molar-refractivity contribution < 1.29 is 0 Å². The average Bonchev–Trinajstić information content (AvgIpc) is 3.82. The lowest BCUT2D eigenvalue weighted by molar-refractivity contribution is 1.18. The first kappa shape index (κ1) is 32.4. The summed E-state index contributed by atoms with van der Waals surface area (Å²) in [4.78, 5) is 0. The lowest BCUT2D eigenvalue weighted by Gasteiger charge is -2.12. The summed E-state index contributed by atoms with van der Waals surface area (Å²) >= 11 is 1.86. The number of fused-ring (bicyclic) bond motifs is 6. The number of hydrogen-bond donors (Lipinski definition) is 0. The molecule has 11 aromatic rings. The fourth-order valence-electron chi connectivity index (χ4n) is 8.44. The minimum absolute atomic E-state index is 1.16. The average molecular weight is 730 g/mol. The lowest BCUT2D eigenvalue weighted by Crippen LogP contribution is -1.94. The highest BCUT2D eigenvalue weighted by Gasteiger charge is 2.13. The van der Waals surface area contributed by atoms with Gasteiger partial charge >= 0.3 is 0 Å². The molecule has 0 fully saturated rings. The fourth-order valence-corrected chi connectivity index (χ4v) is 9.53. The van der Waals surface area contributed by atoms with E-state index in [0.717, 1.165) is 5.69 Å². The second-order valence-corrected chi connectivity index (χ2v) is 15.6. The zero-order valence-corrected chi connectivity index (χ0v) is 31.4. The summed E-state index contributed by atoms with van der Waals surface area (Å²) in [5.74, 6) is 0. The van der Waals surface area contributed by atoms with E-state index in [4.69, 9.17) is 0 Å². The van der Waals surface area contributed by atoms with E-state index in [-0.39, 0.29) is 0 Å². The van der Waals surface area contributed by atoms with E-state index < -0.39 is 0 Å². The Hall–Kier alpha value is -7.00. The Bertz CT molecular complexity index is 3220. The molecule has 2 heteroatoms. The Morgan fingerprint density at radius 2 is 0.625 bits per heavy atom. The molecule has 0 saturated carbocycles. The maximum atomic E-state index is 2.39. The van der Waals surface area contributed by atoms with Gasteiger partial charge in [-0.1, -0.05) is 146 Å². The predicted octanol–water partition coefficient (Wildman–Crippen LogP) is 15.5. The third-order valence-electron chi connectivity index (χ3n) is 11.2. The van der Waals surface area contributed by atoms with Crippen LogP contribution in [0, 0.1) is 0 Å². The van der Waals surface area contributed by atoms with E-state index in [9.17, 15) is 0 Å². The maximum Gasteiger partial charge on any atom is 0.0541 e. The fraction of sp³-hybridized carbons (Fsp3) is 0. The molecule has 262 valence electrons. The SMILES string of the molecule is c1cc(-c2cccc(-c3cccc(-c4ccc5sc6ccccc6c5c4)c3)c2)cc(-c2cccc(-c3cccc(-n4c5ccccc5c5ccccc54)c3)c2)c1. The molecule has 0 atom stereocenters. The van der Waals surface area contributed by atoms with Crippen LogP contribution >= 0.6 is 11.3 Å². The Morgan fingerprint density at radius 1 is 0.250 bits per heavy atom. The van der Waals surface area contributed by atoms with Crippen molar-refractivity contribution in [3.8, 4) is 61.3 Å². The number of rotatable bonds is 6. The lowest BCUT2D eigenvalue weighted by atomic mass is 9.94. The van der Waals surface area contributed by atoms with E-state index >= 15 is 0 Å². The molecule has 0 N–H and O–H groups in total. The molecule has 0 aliphatic carbocycles. The van der Waals surface area contributed by atoms with Crippen molar-refractivity contribution in [3.63, 3.8) is 0 Å². The molecule has 0 saturated heterocycles. The van der Waals surface area contributed by atoms with Crippen molar-refractivity contribution in [2.45, 2.75) is 0 Å². The van der Waals surface area contributed by atoms with Crippen LogP contribution < -0.4 is 0 Å². The molecule has 11 rings (SSSR count). The topological polar surface area (TPSA) is 4.93 Å². The van der Waals surface area contributed by atoms with Crippen LogP contribution in [-0.4, -0.2) is 4.57 Å². The van der Waals surface area contributed by atoms with Gasteiger partial charge in [0.1, 0.15) is 0 Å². The van der Waals surface area contributed by atoms with Crippen LogP contribution in [0.25, 0.3) is 103 Å². The van der Waals surface area contributed by atoms with E-state index in [0.29, 0.717) is 0 Å². The van der Waals surface area contributed by atoms with Gasteiger partial charge < -0.3 is 4.57 Å². The van der Waals surface area contributed by atoms with Crippen LogP contribution in [0.3, 0.4) is 0 Å². The van der Waals surface area contributed by atoms with Gasteiger partial charge in [-0.2, -0.15) is 0 Å². The quantitative estimate of drug-likeness (QED) is 0.161. The minimum Gasteiger partial charge on any atom is -0.309 e. The minimum atomic E-state index is 1.16. The number of para-hydroxylation sites is 2. The molecular weight excluding hydrogens is 695 g/mol. The van der Waals surface area contributed by atoms with Crippen molar-refractivity contribution in [1.29, 1.82) is 0 Å². The van der Waals surface area contributed by atoms with E-state index in [1.165, 1.54) is 97.6 Å². The summed E-state index contributed by atoms with van der Waals surface area (Å²) in [6, 6.07) is 77.7. The molecule has 0 unspecified atom stereocenters. The van der Waals surface area contributed by atoms with Gasteiger partial charge in [0, 0.05) is 36.6 Å². The van der Waals surface area contributed by atoms with Crippen LogP contribution in [0.5, 0.6) is 0 Å². The first-order valence-corrected chi connectivity index (χ1v) is 20.0. The van der Waals surface area contributed by atoms with E-state index in [2.05, 4.69) is 217 Å². The molecule has 0 spiro atoms. The van der Waals surface area contributed by atoms with Crippen molar-refractivity contribution in [1.82, 2.24) is 4.57 Å².